The fraction of sp³-hybridized carbons (Fsp3) is 0.571. The van der Waals surface area contributed by atoms with Crippen LogP contribution < -0.4 is 5.32 Å². The van der Waals surface area contributed by atoms with Crippen LogP contribution >= 0.6 is 11.8 Å². The highest BCUT2D eigenvalue weighted by atomic mass is 32.2. The third-order valence-corrected chi connectivity index (χ3v) is 4.56. The second-order valence-corrected chi connectivity index (χ2v) is 5.96. The van der Waals surface area contributed by atoms with Crippen LogP contribution in [0.1, 0.15) is 24.8 Å². The largest absolute Gasteiger partial charge is 0.317 e. The van der Waals surface area contributed by atoms with E-state index in [0.717, 1.165) is 24.0 Å². The zero-order valence-electron chi connectivity index (χ0n) is 10.1. The summed E-state index contributed by atoms with van der Waals surface area (Å²) < 4.78 is 12.7. The van der Waals surface area contributed by atoms with Crippen molar-refractivity contribution in [3.8, 4) is 0 Å². The van der Waals surface area contributed by atoms with E-state index < -0.39 is 0 Å². The Morgan fingerprint density at radius 1 is 1.18 bits per heavy atom. The van der Waals surface area contributed by atoms with E-state index in [2.05, 4.69) is 17.1 Å². The molecule has 1 aromatic carbocycles. The van der Waals surface area contributed by atoms with E-state index in [1.807, 2.05) is 12.1 Å². The Bertz CT molecular complexity index is 317. The number of hydrogen-bond donors (Lipinski definition) is 1. The summed E-state index contributed by atoms with van der Waals surface area (Å²) in [6.07, 6.45) is 4.97. The average molecular weight is 253 g/mol. The molecule has 1 atom stereocenters. The maximum absolute atomic E-state index is 12.7. The summed E-state index contributed by atoms with van der Waals surface area (Å²) in [5, 5.41) is 4.25. The molecule has 1 fully saturated rings. The van der Waals surface area contributed by atoms with Crippen LogP contribution in [0.5, 0.6) is 0 Å². The third kappa shape index (κ3) is 4.68. The lowest BCUT2D eigenvalue weighted by molar-refractivity contribution is 0.627. The minimum atomic E-state index is -0.142. The zero-order valence-corrected chi connectivity index (χ0v) is 10.9. The van der Waals surface area contributed by atoms with Gasteiger partial charge in [0.2, 0.25) is 0 Å². The van der Waals surface area contributed by atoms with Crippen LogP contribution in [0.15, 0.2) is 24.3 Å². The minimum Gasteiger partial charge on any atom is -0.317 e. The molecule has 94 valence electrons. The van der Waals surface area contributed by atoms with Gasteiger partial charge >= 0.3 is 0 Å². The highest BCUT2D eigenvalue weighted by Crippen LogP contribution is 2.22. The van der Waals surface area contributed by atoms with Crippen LogP contribution in [0.4, 0.5) is 4.39 Å². The maximum atomic E-state index is 12.7. The summed E-state index contributed by atoms with van der Waals surface area (Å²) in [6, 6.07) is 6.89. The molecule has 0 saturated carbocycles. The molecule has 1 heterocycles. The van der Waals surface area contributed by atoms with Gasteiger partial charge in [0.25, 0.3) is 0 Å². The molecule has 1 aliphatic rings. The third-order valence-electron chi connectivity index (χ3n) is 3.18. The van der Waals surface area contributed by atoms with Crippen molar-refractivity contribution in [1.29, 1.82) is 0 Å². The Balaban J connectivity index is 1.69. The molecular weight excluding hydrogens is 233 g/mol. The fourth-order valence-electron chi connectivity index (χ4n) is 2.15. The molecule has 1 unspecified atom stereocenters. The monoisotopic (exact) mass is 253 g/mol. The van der Waals surface area contributed by atoms with Crippen molar-refractivity contribution in [2.24, 2.45) is 0 Å². The van der Waals surface area contributed by atoms with E-state index in [1.165, 1.54) is 31.4 Å². The quantitative estimate of drug-likeness (QED) is 0.884. The van der Waals surface area contributed by atoms with Crippen LogP contribution in [0, 0.1) is 5.82 Å². The van der Waals surface area contributed by atoms with Gasteiger partial charge in [0.05, 0.1) is 0 Å². The van der Waals surface area contributed by atoms with E-state index >= 15 is 0 Å². The van der Waals surface area contributed by atoms with E-state index in [-0.39, 0.29) is 5.82 Å². The normalized spacial score (nSPS) is 21.1. The van der Waals surface area contributed by atoms with Crippen molar-refractivity contribution in [2.45, 2.75) is 30.9 Å². The molecule has 1 saturated heterocycles. The molecule has 0 aromatic heterocycles. The highest BCUT2D eigenvalue weighted by Gasteiger charge is 2.11. The molecule has 1 nitrogen and oxygen atoms in total. The van der Waals surface area contributed by atoms with Gasteiger partial charge in [-0.3, -0.25) is 0 Å². The van der Waals surface area contributed by atoms with E-state index in [9.17, 15) is 4.39 Å². The highest BCUT2D eigenvalue weighted by molar-refractivity contribution is 7.99. The van der Waals surface area contributed by atoms with Gasteiger partial charge in [-0.1, -0.05) is 12.1 Å². The fourth-order valence-corrected chi connectivity index (χ4v) is 3.45. The predicted molar refractivity (Wildman–Crippen MR) is 73.1 cm³/mol. The lowest BCUT2D eigenvalue weighted by Gasteiger charge is -2.12. The molecule has 2 rings (SSSR count). The lowest BCUT2D eigenvalue weighted by Crippen LogP contribution is -2.14. The Morgan fingerprint density at radius 3 is 2.82 bits per heavy atom. The van der Waals surface area contributed by atoms with Crippen molar-refractivity contribution in [2.75, 3.05) is 18.8 Å². The molecule has 17 heavy (non-hydrogen) atoms. The number of nitrogens with one attached hydrogen (secondary N) is 1. The van der Waals surface area contributed by atoms with Crippen molar-refractivity contribution >= 4 is 11.8 Å². The smallest absolute Gasteiger partial charge is 0.123 e. The summed E-state index contributed by atoms with van der Waals surface area (Å²) in [4.78, 5) is 0. The van der Waals surface area contributed by atoms with Gasteiger partial charge in [-0.25, -0.2) is 4.39 Å². The molecule has 0 spiro atoms. The zero-order chi connectivity index (χ0) is 11.9. The van der Waals surface area contributed by atoms with Gasteiger partial charge in [0.1, 0.15) is 5.82 Å². The van der Waals surface area contributed by atoms with Crippen molar-refractivity contribution in [1.82, 2.24) is 5.32 Å². The maximum Gasteiger partial charge on any atom is 0.123 e. The second kappa shape index (κ2) is 7.02. The Hall–Kier alpha value is -0.540. The van der Waals surface area contributed by atoms with Crippen LogP contribution in [0.3, 0.4) is 0 Å². The minimum absolute atomic E-state index is 0.142. The van der Waals surface area contributed by atoms with Gasteiger partial charge in [0.15, 0.2) is 0 Å². The van der Waals surface area contributed by atoms with Gasteiger partial charge in [-0.15, -0.1) is 0 Å². The van der Waals surface area contributed by atoms with Crippen LogP contribution in [-0.4, -0.2) is 24.1 Å². The summed E-state index contributed by atoms with van der Waals surface area (Å²) in [6.45, 7) is 2.34. The van der Waals surface area contributed by atoms with Crippen molar-refractivity contribution in [3.05, 3.63) is 35.6 Å². The number of halogens is 1. The van der Waals surface area contributed by atoms with Gasteiger partial charge < -0.3 is 5.32 Å². The number of rotatable bonds is 4. The first-order valence-electron chi connectivity index (χ1n) is 6.41. The molecule has 1 aliphatic heterocycles. The SMILES string of the molecule is Fc1ccc(CCSC2CCCNCC2)cc1. The van der Waals surface area contributed by atoms with Crippen molar-refractivity contribution in [3.63, 3.8) is 0 Å². The molecular formula is C14H20FNS. The first kappa shape index (κ1) is 12.9. The Labute approximate surface area is 107 Å². The summed E-state index contributed by atoms with van der Waals surface area (Å²) in [5.41, 5.74) is 1.24. The molecule has 0 bridgehead atoms. The van der Waals surface area contributed by atoms with E-state index in [0.29, 0.717) is 0 Å². The predicted octanol–water partition coefficient (Wildman–Crippen LogP) is 3.24. The van der Waals surface area contributed by atoms with Crippen LogP contribution in [-0.2, 0) is 6.42 Å². The molecule has 1 aromatic rings. The standard InChI is InChI=1S/C14H20FNS/c15-13-5-3-12(4-6-13)8-11-17-14-2-1-9-16-10-7-14/h3-6,14,16H,1-2,7-11H2. The van der Waals surface area contributed by atoms with Gasteiger partial charge in [-0.2, -0.15) is 11.8 Å². The van der Waals surface area contributed by atoms with Crippen LogP contribution in [0.25, 0.3) is 0 Å². The molecule has 3 heteroatoms. The lowest BCUT2D eigenvalue weighted by atomic mass is 10.2. The van der Waals surface area contributed by atoms with E-state index in [1.54, 1.807) is 12.1 Å². The summed E-state index contributed by atoms with van der Waals surface area (Å²) >= 11 is 2.08. The molecule has 0 aliphatic carbocycles. The van der Waals surface area contributed by atoms with Gasteiger partial charge in [0, 0.05) is 5.25 Å². The second-order valence-electron chi connectivity index (χ2n) is 4.55. The Morgan fingerprint density at radius 2 is 2.00 bits per heavy atom. The summed E-state index contributed by atoms with van der Waals surface area (Å²) in [5.74, 6) is 1.01. The van der Waals surface area contributed by atoms with E-state index in [4.69, 9.17) is 0 Å². The number of thioether (sulfide) groups is 1. The average Bonchev–Trinajstić information content (AvgIpc) is 2.60. The topological polar surface area (TPSA) is 12.0 Å². The molecule has 0 amide bonds. The molecule has 1 N–H and O–H groups in total. The first-order valence-corrected chi connectivity index (χ1v) is 7.46. The number of aryl methyl sites for hydroxylation is 1. The van der Waals surface area contributed by atoms with Crippen molar-refractivity contribution < 1.29 is 4.39 Å². The molecule has 0 radical (unpaired) electrons. The number of hydrogen-bond acceptors (Lipinski definition) is 2. The number of benzene rings is 1. The first-order chi connectivity index (χ1) is 8.34. The van der Waals surface area contributed by atoms with Crippen LogP contribution in [0.2, 0.25) is 0 Å². The van der Waals surface area contributed by atoms with Gasteiger partial charge in [-0.05, 0) is 62.2 Å². The Kier molecular flexibility index (Phi) is 5.33. The summed E-state index contributed by atoms with van der Waals surface area (Å²) in [7, 11) is 0.